The topological polar surface area (TPSA) is 77.2 Å². The van der Waals surface area contributed by atoms with E-state index in [1.807, 2.05) is 32.9 Å². The van der Waals surface area contributed by atoms with Crippen molar-refractivity contribution in [1.82, 2.24) is 10.1 Å². The summed E-state index contributed by atoms with van der Waals surface area (Å²) in [5, 5.41) is 7.36. The van der Waals surface area contributed by atoms with Crippen LogP contribution < -0.4 is 10.1 Å². The van der Waals surface area contributed by atoms with Crippen molar-refractivity contribution in [1.29, 1.82) is 0 Å². The van der Waals surface area contributed by atoms with Crippen LogP contribution in [0.4, 0.5) is 5.13 Å². The maximum absolute atomic E-state index is 12.5. The molecule has 0 fully saturated rings. The Morgan fingerprint density at radius 2 is 1.93 bits per heavy atom. The quantitative estimate of drug-likeness (QED) is 0.514. The van der Waals surface area contributed by atoms with Crippen LogP contribution in [-0.4, -0.2) is 16.0 Å². The van der Waals surface area contributed by atoms with Crippen molar-refractivity contribution in [3.63, 3.8) is 0 Å². The average molecular weight is 393 g/mol. The van der Waals surface area contributed by atoms with Crippen LogP contribution in [0.25, 0.3) is 10.2 Å². The third-order valence-corrected chi connectivity index (χ3v) is 5.38. The summed E-state index contributed by atoms with van der Waals surface area (Å²) in [5.74, 6) is 1.22. The van der Waals surface area contributed by atoms with E-state index in [9.17, 15) is 4.79 Å². The Labute approximate surface area is 166 Å². The highest BCUT2D eigenvalue weighted by Crippen LogP contribution is 2.27. The lowest BCUT2D eigenvalue weighted by molar-refractivity contribution is 0.102. The lowest BCUT2D eigenvalue weighted by Crippen LogP contribution is -2.11. The van der Waals surface area contributed by atoms with E-state index in [0.29, 0.717) is 23.1 Å². The number of hydrogen-bond donors (Lipinski definition) is 1. The molecule has 28 heavy (non-hydrogen) atoms. The highest BCUT2D eigenvalue weighted by molar-refractivity contribution is 7.22. The van der Waals surface area contributed by atoms with E-state index in [0.717, 1.165) is 27.2 Å². The van der Waals surface area contributed by atoms with Gasteiger partial charge in [-0.15, -0.1) is 0 Å². The Balaban J connectivity index is 1.41. The van der Waals surface area contributed by atoms with Gasteiger partial charge in [0, 0.05) is 5.56 Å². The second-order valence-corrected chi connectivity index (χ2v) is 7.59. The number of amides is 1. The molecule has 4 rings (SSSR count). The largest absolute Gasteiger partial charge is 0.489 e. The second kappa shape index (κ2) is 7.44. The minimum atomic E-state index is -0.201. The summed E-state index contributed by atoms with van der Waals surface area (Å²) in [4.78, 5) is 17.0. The molecule has 1 N–H and O–H groups in total. The monoisotopic (exact) mass is 393 g/mol. The predicted molar refractivity (Wildman–Crippen MR) is 109 cm³/mol. The molecule has 0 aliphatic rings. The molecule has 0 bridgehead atoms. The highest BCUT2D eigenvalue weighted by atomic mass is 32.1. The van der Waals surface area contributed by atoms with Crippen LogP contribution in [0.2, 0.25) is 0 Å². The van der Waals surface area contributed by atoms with Gasteiger partial charge >= 0.3 is 0 Å². The zero-order chi connectivity index (χ0) is 19.7. The van der Waals surface area contributed by atoms with Gasteiger partial charge in [0.25, 0.3) is 5.91 Å². The first kappa shape index (κ1) is 18.2. The first-order valence-electron chi connectivity index (χ1n) is 8.83. The number of aryl methyl sites for hydroxylation is 3. The Bertz CT molecular complexity index is 1130. The molecular weight excluding hydrogens is 374 g/mol. The molecule has 7 heteroatoms. The zero-order valence-electron chi connectivity index (χ0n) is 15.8. The normalized spacial score (nSPS) is 11.0. The van der Waals surface area contributed by atoms with Crippen LogP contribution in [0, 0.1) is 20.8 Å². The molecule has 2 aromatic heterocycles. The van der Waals surface area contributed by atoms with E-state index >= 15 is 0 Å². The van der Waals surface area contributed by atoms with Crippen LogP contribution in [0.5, 0.6) is 5.75 Å². The van der Waals surface area contributed by atoms with E-state index in [-0.39, 0.29) is 5.91 Å². The van der Waals surface area contributed by atoms with E-state index < -0.39 is 0 Å². The standard InChI is InChI=1S/C21H19N3O3S/c1-12-4-9-18-19(10-12)28-21(22-18)23-20(25)15-5-7-16(8-6-15)26-11-17-13(2)24-27-14(17)3/h4-10H,11H2,1-3H3,(H,22,23,25). The summed E-state index contributed by atoms with van der Waals surface area (Å²) >= 11 is 1.46. The number of nitrogens with one attached hydrogen (secondary N) is 1. The Morgan fingerprint density at radius 3 is 2.64 bits per heavy atom. The highest BCUT2D eigenvalue weighted by Gasteiger charge is 2.12. The lowest BCUT2D eigenvalue weighted by Gasteiger charge is -2.07. The second-order valence-electron chi connectivity index (χ2n) is 6.56. The SMILES string of the molecule is Cc1ccc2nc(NC(=O)c3ccc(OCc4c(C)noc4C)cc3)sc2c1. The Hall–Kier alpha value is -3.19. The maximum Gasteiger partial charge on any atom is 0.257 e. The van der Waals surface area contributed by atoms with Crippen LogP contribution in [-0.2, 0) is 6.61 Å². The third-order valence-electron chi connectivity index (χ3n) is 4.45. The number of thiazole rings is 1. The lowest BCUT2D eigenvalue weighted by atomic mass is 10.2. The number of ether oxygens (including phenoxy) is 1. The number of anilines is 1. The van der Waals surface area contributed by atoms with Crippen molar-refractivity contribution in [2.45, 2.75) is 27.4 Å². The fourth-order valence-electron chi connectivity index (χ4n) is 2.82. The van der Waals surface area contributed by atoms with E-state index in [4.69, 9.17) is 9.26 Å². The van der Waals surface area contributed by atoms with Gasteiger partial charge in [-0.1, -0.05) is 22.6 Å². The van der Waals surface area contributed by atoms with Crippen molar-refractivity contribution in [2.75, 3.05) is 5.32 Å². The van der Waals surface area contributed by atoms with Crippen molar-refractivity contribution in [3.8, 4) is 5.75 Å². The Kier molecular flexibility index (Phi) is 4.83. The summed E-state index contributed by atoms with van der Waals surface area (Å²) in [6, 6.07) is 13.0. The van der Waals surface area contributed by atoms with Crippen molar-refractivity contribution < 1.29 is 14.1 Å². The number of carbonyl (C=O) groups is 1. The molecule has 0 aliphatic carbocycles. The van der Waals surface area contributed by atoms with Crippen molar-refractivity contribution >= 4 is 32.6 Å². The summed E-state index contributed by atoms with van der Waals surface area (Å²) in [5.41, 5.74) is 4.35. The molecule has 142 valence electrons. The van der Waals surface area contributed by atoms with Gasteiger partial charge in [-0.05, 0) is 62.7 Å². The predicted octanol–water partition coefficient (Wildman–Crippen LogP) is 5.04. The average Bonchev–Trinajstić information content (AvgIpc) is 3.22. The smallest absolute Gasteiger partial charge is 0.257 e. The van der Waals surface area contributed by atoms with Gasteiger partial charge in [0.15, 0.2) is 5.13 Å². The van der Waals surface area contributed by atoms with Gasteiger partial charge < -0.3 is 9.26 Å². The first-order valence-corrected chi connectivity index (χ1v) is 9.64. The minimum absolute atomic E-state index is 0.201. The fraction of sp³-hybridized carbons (Fsp3) is 0.190. The molecule has 2 aromatic carbocycles. The van der Waals surface area contributed by atoms with E-state index in [1.54, 1.807) is 24.3 Å². The molecule has 6 nitrogen and oxygen atoms in total. The zero-order valence-corrected chi connectivity index (χ0v) is 16.6. The van der Waals surface area contributed by atoms with Gasteiger partial charge in [-0.2, -0.15) is 0 Å². The number of hydrogen-bond acceptors (Lipinski definition) is 6. The molecule has 0 atom stereocenters. The summed E-state index contributed by atoms with van der Waals surface area (Å²) in [7, 11) is 0. The molecule has 0 unspecified atom stereocenters. The molecule has 0 aliphatic heterocycles. The molecule has 0 saturated heterocycles. The number of rotatable bonds is 5. The molecule has 0 saturated carbocycles. The van der Waals surface area contributed by atoms with Crippen molar-refractivity contribution in [2.24, 2.45) is 0 Å². The van der Waals surface area contributed by atoms with Crippen LogP contribution in [0.3, 0.4) is 0 Å². The van der Waals surface area contributed by atoms with E-state index in [2.05, 4.69) is 21.5 Å². The number of fused-ring (bicyclic) bond motifs is 1. The molecule has 2 heterocycles. The molecular formula is C21H19N3O3S. The van der Waals surface area contributed by atoms with Crippen LogP contribution in [0.15, 0.2) is 47.0 Å². The van der Waals surface area contributed by atoms with Crippen LogP contribution >= 0.6 is 11.3 Å². The van der Waals surface area contributed by atoms with Crippen LogP contribution in [0.1, 0.15) is 32.9 Å². The van der Waals surface area contributed by atoms with Gasteiger partial charge in [0.2, 0.25) is 0 Å². The molecule has 4 aromatic rings. The summed E-state index contributed by atoms with van der Waals surface area (Å²) < 4.78 is 12.0. The number of aromatic nitrogens is 2. The van der Waals surface area contributed by atoms with Gasteiger partial charge in [-0.25, -0.2) is 4.98 Å². The Morgan fingerprint density at radius 1 is 1.14 bits per heavy atom. The summed E-state index contributed by atoms with van der Waals surface area (Å²) in [6.45, 7) is 6.14. The number of nitrogens with zero attached hydrogens (tertiary/aromatic N) is 2. The number of benzene rings is 2. The third kappa shape index (κ3) is 3.75. The minimum Gasteiger partial charge on any atom is -0.489 e. The van der Waals surface area contributed by atoms with Crippen molar-refractivity contribution in [3.05, 3.63) is 70.6 Å². The maximum atomic E-state index is 12.5. The molecule has 1 amide bonds. The first-order chi connectivity index (χ1) is 13.5. The summed E-state index contributed by atoms with van der Waals surface area (Å²) in [6.07, 6.45) is 0. The van der Waals surface area contributed by atoms with E-state index in [1.165, 1.54) is 16.9 Å². The van der Waals surface area contributed by atoms with Gasteiger partial charge in [0.1, 0.15) is 18.1 Å². The van der Waals surface area contributed by atoms with Gasteiger partial charge in [-0.3, -0.25) is 10.1 Å². The molecule has 0 spiro atoms. The molecule has 0 radical (unpaired) electrons. The van der Waals surface area contributed by atoms with Gasteiger partial charge in [0.05, 0.1) is 21.5 Å². The number of carbonyl (C=O) groups excluding carboxylic acids is 1. The fourth-order valence-corrected chi connectivity index (χ4v) is 3.78.